The summed E-state index contributed by atoms with van der Waals surface area (Å²) in [6.07, 6.45) is 2.38. The van der Waals surface area contributed by atoms with Crippen LogP contribution in [0.25, 0.3) is 0 Å². The molecule has 32 heavy (non-hydrogen) atoms. The van der Waals surface area contributed by atoms with Gasteiger partial charge in [-0.05, 0) is 36.8 Å². The average Bonchev–Trinajstić information content (AvgIpc) is 2.81. The van der Waals surface area contributed by atoms with Crippen LogP contribution in [-0.4, -0.2) is 60.5 Å². The van der Waals surface area contributed by atoms with Gasteiger partial charge in [-0.25, -0.2) is 9.78 Å². The summed E-state index contributed by atoms with van der Waals surface area (Å²) in [7, 11) is 0. The van der Waals surface area contributed by atoms with Gasteiger partial charge in [0.25, 0.3) is 0 Å². The highest BCUT2D eigenvalue weighted by Gasteiger charge is 2.21. The van der Waals surface area contributed by atoms with E-state index in [1.807, 2.05) is 36.1 Å². The molecule has 1 fully saturated rings. The molecule has 2 aromatic rings. The number of aryl methyl sites for hydroxylation is 1. The molecule has 4 amide bonds. The van der Waals surface area contributed by atoms with Crippen LogP contribution in [0.1, 0.15) is 25.3 Å². The normalized spacial score (nSPS) is 13.4. The van der Waals surface area contributed by atoms with E-state index in [0.717, 1.165) is 24.5 Å². The van der Waals surface area contributed by atoms with Gasteiger partial charge < -0.3 is 25.8 Å². The second-order valence-electron chi connectivity index (χ2n) is 7.62. The molecule has 0 aliphatic carbocycles. The van der Waals surface area contributed by atoms with Crippen LogP contribution < -0.4 is 20.9 Å². The van der Waals surface area contributed by atoms with E-state index in [9.17, 15) is 14.4 Å². The number of piperazine rings is 1. The Morgan fingerprint density at radius 1 is 1.03 bits per heavy atom. The SMILES string of the molecule is CCC(=O)Nc1ccc(C)c(NC(=O)NCCC(=O)N2CCN(c3ccccn3)CC2)c1. The Morgan fingerprint density at radius 3 is 2.50 bits per heavy atom. The van der Waals surface area contributed by atoms with Crippen LogP contribution in [0.4, 0.5) is 22.0 Å². The zero-order valence-electron chi connectivity index (χ0n) is 18.6. The van der Waals surface area contributed by atoms with Gasteiger partial charge in [-0.1, -0.05) is 19.1 Å². The molecule has 0 unspecified atom stereocenters. The Hall–Kier alpha value is -3.62. The lowest BCUT2D eigenvalue weighted by atomic mass is 10.2. The van der Waals surface area contributed by atoms with Crippen LogP contribution in [0.5, 0.6) is 0 Å². The second kappa shape index (κ2) is 11.1. The summed E-state index contributed by atoms with van der Waals surface area (Å²) in [5.41, 5.74) is 2.10. The summed E-state index contributed by atoms with van der Waals surface area (Å²) in [5.74, 6) is 0.849. The molecule has 1 saturated heterocycles. The number of hydrogen-bond donors (Lipinski definition) is 3. The lowest BCUT2D eigenvalue weighted by Gasteiger charge is -2.35. The summed E-state index contributed by atoms with van der Waals surface area (Å²) in [6.45, 7) is 6.64. The average molecular weight is 439 g/mol. The molecule has 3 rings (SSSR count). The molecule has 0 saturated carbocycles. The van der Waals surface area contributed by atoms with E-state index in [2.05, 4.69) is 25.8 Å². The van der Waals surface area contributed by atoms with E-state index in [1.165, 1.54) is 0 Å². The minimum Gasteiger partial charge on any atom is -0.353 e. The first-order valence-electron chi connectivity index (χ1n) is 10.9. The zero-order chi connectivity index (χ0) is 22.9. The predicted octanol–water partition coefficient (Wildman–Crippen LogP) is 2.60. The summed E-state index contributed by atoms with van der Waals surface area (Å²) in [4.78, 5) is 44.7. The number of nitrogens with zero attached hydrogens (tertiary/aromatic N) is 3. The Morgan fingerprint density at radius 2 is 1.81 bits per heavy atom. The fourth-order valence-corrected chi connectivity index (χ4v) is 3.42. The highest BCUT2D eigenvalue weighted by Crippen LogP contribution is 2.20. The molecule has 2 heterocycles. The van der Waals surface area contributed by atoms with E-state index >= 15 is 0 Å². The van der Waals surface area contributed by atoms with Crippen LogP contribution in [0.2, 0.25) is 0 Å². The van der Waals surface area contributed by atoms with Crippen molar-refractivity contribution in [2.45, 2.75) is 26.7 Å². The van der Waals surface area contributed by atoms with Gasteiger partial charge in [0, 0.05) is 63.1 Å². The third-order valence-corrected chi connectivity index (χ3v) is 5.32. The fraction of sp³-hybridized carbons (Fsp3) is 0.391. The van der Waals surface area contributed by atoms with Crippen LogP contribution in [0.15, 0.2) is 42.6 Å². The fourth-order valence-electron chi connectivity index (χ4n) is 3.42. The number of rotatable bonds is 7. The molecule has 0 spiro atoms. The van der Waals surface area contributed by atoms with Gasteiger partial charge in [-0.15, -0.1) is 0 Å². The summed E-state index contributed by atoms with van der Waals surface area (Å²) >= 11 is 0. The van der Waals surface area contributed by atoms with Crippen molar-refractivity contribution in [3.8, 4) is 0 Å². The van der Waals surface area contributed by atoms with Crippen LogP contribution >= 0.6 is 0 Å². The van der Waals surface area contributed by atoms with Crippen molar-refractivity contribution < 1.29 is 14.4 Å². The lowest BCUT2D eigenvalue weighted by molar-refractivity contribution is -0.131. The topological polar surface area (TPSA) is 107 Å². The number of hydrogen-bond acceptors (Lipinski definition) is 5. The van der Waals surface area contributed by atoms with Crippen molar-refractivity contribution in [3.63, 3.8) is 0 Å². The Bertz CT molecular complexity index is 942. The number of benzene rings is 1. The van der Waals surface area contributed by atoms with Crippen molar-refractivity contribution in [1.29, 1.82) is 0 Å². The van der Waals surface area contributed by atoms with Crippen molar-refractivity contribution in [3.05, 3.63) is 48.2 Å². The minimum absolute atomic E-state index is 0.0198. The lowest BCUT2D eigenvalue weighted by Crippen LogP contribution is -2.49. The van der Waals surface area contributed by atoms with Gasteiger partial charge in [0.15, 0.2) is 0 Å². The molecule has 1 aliphatic heterocycles. The van der Waals surface area contributed by atoms with Gasteiger partial charge in [-0.3, -0.25) is 9.59 Å². The third-order valence-electron chi connectivity index (χ3n) is 5.32. The molecule has 0 bridgehead atoms. The highest BCUT2D eigenvalue weighted by molar-refractivity contribution is 5.94. The maximum Gasteiger partial charge on any atom is 0.319 e. The largest absolute Gasteiger partial charge is 0.353 e. The van der Waals surface area contributed by atoms with Gasteiger partial charge in [0.05, 0.1) is 0 Å². The van der Waals surface area contributed by atoms with Crippen molar-refractivity contribution in [2.24, 2.45) is 0 Å². The molecule has 3 N–H and O–H groups in total. The molecule has 1 aromatic carbocycles. The van der Waals surface area contributed by atoms with Crippen LogP contribution in [0, 0.1) is 6.92 Å². The smallest absolute Gasteiger partial charge is 0.319 e. The molecule has 1 aliphatic rings. The predicted molar refractivity (Wildman–Crippen MR) is 125 cm³/mol. The molecule has 170 valence electrons. The molecule has 0 atom stereocenters. The van der Waals surface area contributed by atoms with E-state index in [1.54, 1.807) is 25.3 Å². The van der Waals surface area contributed by atoms with Crippen molar-refractivity contribution in [1.82, 2.24) is 15.2 Å². The first-order valence-corrected chi connectivity index (χ1v) is 10.9. The third kappa shape index (κ3) is 6.44. The summed E-state index contributed by atoms with van der Waals surface area (Å²) in [6, 6.07) is 10.8. The van der Waals surface area contributed by atoms with E-state index in [4.69, 9.17) is 0 Å². The molecule has 9 heteroatoms. The highest BCUT2D eigenvalue weighted by atomic mass is 16.2. The van der Waals surface area contributed by atoms with Gasteiger partial charge >= 0.3 is 6.03 Å². The Kier molecular flexibility index (Phi) is 8.02. The number of carbonyl (C=O) groups excluding carboxylic acids is 3. The number of carbonyl (C=O) groups is 3. The first-order chi connectivity index (χ1) is 15.5. The number of anilines is 3. The monoisotopic (exact) mass is 438 g/mol. The first kappa shape index (κ1) is 23.1. The van der Waals surface area contributed by atoms with Gasteiger partial charge in [-0.2, -0.15) is 0 Å². The van der Waals surface area contributed by atoms with E-state index < -0.39 is 0 Å². The molecule has 1 aromatic heterocycles. The van der Waals surface area contributed by atoms with Crippen LogP contribution in [-0.2, 0) is 9.59 Å². The standard InChI is InChI=1S/C23H30N6O3/c1-3-21(30)26-18-8-7-17(2)19(16-18)27-23(32)25-11-9-22(31)29-14-12-28(13-15-29)20-6-4-5-10-24-20/h4-8,10,16H,3,9,11-15H2,1-2H3,(H,26,30)(H2,25,27,32). The van der Waals surface area contributed by atoms with Gasteiger partial charge in [0.2, 0.25) is 11.8 Å². The summed E-state index contributed by atoms with van der Waals surface area (Å²) < 4.78 is 0. The zero-order valence-corrected chi connectivity index (χ0v) is 18.6. The number of pyridine rings is 1. The van der Waals surface area contributed by atoms with Crippen LogP contribution in [0.3, 0.4) is 0 Å². The maximum absolute atomic E-state index is 12.5. The van der Waals surface area contributed by atoms with E-state index in [0.29, 0.717) is 30.9 Å². The number of urea groups is 1. The number of aromatic nitrogens is 1. The molecule has 9 nitrogen and oxygen atoms in total. The molecular formula is C23H30N6O3. The molecule has 0 radical (unpaired) electrons. The maximum atomic E-state index is 12.5. The number of amides is 4. The quantitative estimate of drug-likeness (QED) is 0.616. The van der Waals surface area contributed by atoms with Crippen molar-refractivity contribution >= 4 is 35.0 Å². The minimum atomic E-state index is -0.389. The van der Waals surface area contributed by atoms with Crippen molar-refractivity contribution in [2.75, 3.05) is 48.3 Å². The summed E-state index contributed by atoms with van der Waals surface area (Å²) in [5, 5.41) is 8.28. The Balaban J connectivity index is 1.41. The second-order valence-corrected chi connectivity index (χ2v) is 7.62. The van der Waals surface area contributed by atoms with E-state index in [-0.39, 0.29) is 30.8 Å². The van der Waals surface area contributed by atoms with Gasteiger partial charge in [0.1, 0.15) is 5.82 Å². The Labute approximate surface area is 188 Å². The molecular weight excluding hydrogens is 408 g/mol. The number of nitrogens with one attached hydrogen (secondary N) is 3.